The second-order valence-corrected chi connectivity index (χ2v) is 9.71. The first-order chi connectivity index (χ1) is 15.4. The molecule has 6 nitrogen and oxygen atoms in total. The molecule has 0 radical (unpaired) electrons. The summed E-state index contributed by atoms with van der Waals surface area (Å²) in [5.74, 6) is -0.994. The van der Waals surface area contributed by atoms with Gasteiger partial charge in [-0.2, -0.15) is 5.26 Å². The molecule has 1 fully saturated rings. The Kier molecular flexibility index (Phi) is 6.28. The lowest BCUT2D eigenvalue weighted by Gasteiger charge is -2.14. The number of carbonyl (C=O) groups excluding carboxylic acids is 1. The molecule has 3 aromatic rings. The average molecular weight is 466 g/mol. The summed E-state index contributed by atoms with van der Waals surface area (Å²) in [6.45, 7) is 0. The van der Waals surface area contributed by atoms with Crippen LogP contribution in [0.25, 0.3) is 0 Å². The molecule has 0 bridgehead atoms. The topological polar surface area (TPSA) is 99.1 Å². The van der Waals surface area contributed by atoms with Crippen molar-refractivity contribution in [2.24, 2.45) is 0 Å². The van der Waals surface area contributed by atoms with E-state index in [0.717, 1.165) is 18.4 Å². The predicted octanol–water partition coefficient (Wildman–Crippen LogP) is 4.69. The van der Waals surface area contributed by atoms with Crippen LogP contribution in [-0.4, -0.2) is 20.4 Å². The van der Waals surface area contributed by atoms with Crippen molar-refractivity contribution in [1.29, 1.82) is 5.26 Å². The number of anilines is 1. The molecule has 1 aliphatic carbocycles. The Balaban J connectivity index is 1.52. The van der Waals surface area contributed by atoms with Crippen LogP contribution in [0.5, 0.6) is 0 Å². The summed E-state index contributed by atoms with van der Waals surface area (Å²) in [5.41, 5.74) is 2.12. The molecule has 1 saturated carbocycles. The van der Waals surface area contributed by atoms with Gasteiger partial charge in [-0.15, -0.1) is 0 Å². The van der Waals surface area contributed by atoms with Crippen molar-refractivity contribution in [1.82, 2.24) is 4.72 Å². The Bertz CT molecular complexity index is 1300. The van der Waals surface area contributed by atoms with Crippen molar-refractivity contribution in [3.05, 3.63) is 94.5 Å². The van der Waals surface area contributed by atoms with Crippen molar-refractivity contribution in [3.8, 4) is 6.07 Å². The number of sulfonamides is 1. The third-order valence-electron chi connectivity index (χ3n) is 5.14. The lowest BCUT2D eigenvalue weighted by atomic mass is 9.92. The maximum Gasteiger partial charge on any atom is 0.255 e. The van der Waals surface area contributed by atoms with Gasteiger partial charge in [0.1, 0.15) is 0 Å². The van der Waals surface area contributed by atoms with Crippen molar-refractivity contribution < 1.29 is 13.2 Å². The van der Waals surface area contributed by atoms with Gasteiger partial charge < -0.3 is 5.32 Å². The average Bonchev–Trinajstić information content (AvgIpc) is 3.60. The zero-order valence-electron chi connectivity index (χ0n) is 17.0. The molecule has 32 heavy (non-hydrogen) atoms. The highest BCUT2D eigenvalue weighted by atomic mass is 35.5. The maximum atomic E-state index is 12.7. The van der Waals surface area contributed by atoms with E-state index in [1.54, 1.807) is 24.3 Å². The number of nitrogens with one attached hydrogen (secondary N) is 2. The Morgan fingerprint density at radius 1 is 1.03 bits per heavy atom. The van der Waals surface area contributed by atoms with Gasteiger partial charge in [0.15, 0.2) is 0 Å². The van der Waals surface area contributed by atoms with E-state index in [2.05, 4.69) is 16.1 Å². The third kappa shape index (κ3) is 5.00. The maximum absolute atomic E-state index is 12.7. The van der Waals surface area contributed by atoms with Gasteiger partial charge in [-0.25, -0.2) is 13.1 Å². The van der Waals surface area contributed by atoms with Gasteiger partial charge in [0.05, 0.1) is 16.9 Å². The van der Waals surface area contributed by atoms with Crippen LogP contribution in [0, 0.1) is 11.3 Å². The van der Waals surface area contributed by atoms with Gasteiger partial charge in [-0.05, 0) is 54.3 Å². The summed E-state index contributed by atoms with van der Waals surface area (Å²) in [6, 6.07) is 22.4. The Morgan fingerprint density at radius 2 is 1.78 bits per heavy atom. The van der Waals surface area contributed by atoms with Crippen LogP contribution in [0.4, 0.5) is 5.69 Å². The fraction of sp³-hybridized carbons (Fsp3) is 0.167. The fourth-order valence-corrected chi connectivity index (χ4v) is 4.94. The molecular formula is C24H20ClN3O3S. The van der Waals surface area contributed by atoms with Crippen molar-refractivity contribution in [2.45, 2.75) is 29.7 Å². The summed E-state index contributed by atoms with van der Waals surface area (Å²) >= 11 is 6.43. The van der Waals surface area contributed by atoms with Gasteiger partial charge in [0.25, 0.3) is 5.91 Å². The number of nitriles is 1. The second kappa shape index (κ2) is 9.13. The highest BCUT2D eigenvalue weighted by Gasteiger charge is 2.28. The monoisotopic (exact) mass is 465 g/mol. The zero-order chi connectivity index (χ0) is 22.7. The van der Waals surface area contributed by atoms with Gasteiger partial charge in [0, 0.05) is 22.3 Å². The van der Waals surface area contributed by atoms with Crippen molar-refractivity contribution >= 4 is 33.2 Å². The molecular weight excluding hydrogens is 446 g/mol. The Labute approximate surface area is 191 Å². The molecule has 8 heteroatoms. The van der Waals surface area contributed by atoms with Crippen molar-refractivity contribution in [3.63, 3.8) is 0 Å². The number of halogens is 1. The Hall–Kier alpha value is -3.18. The van der Waals surface area contributed by atoms with E-state index in [9.17, 15) is 18.5 Å². The van der Waals surface area contributed by atoms with Crippen LogP contribution in [0.3, 0.4) is 0 Å². The smallest absolute Gasteiger partial charge is 0.255 e. The number of nitrogens with zero attached hydrogens (tertiary/aromatic N) is 1. The summed E-state index contributed by atoms with van der Waals surface area (Å²) < 4.78 is 27.4. The molecule has 1 aliphatic rings. The molecule has 1 unspecified atom stereocenters. The largest absolute Gasteiger partial charge is 0.322 e. The zero-order valence-corrected chi connectivity index (χ0v) is 18.5. The van der Waals surface area contributed by atoms with Crippen LogP contribution in [0.1, 0.15) is 40.2 Å². The van der Waals surface area contributed by atoms with Gasteiger partial charge in [-0.1, -0.05) is 54.1 Å². The lowest BCUT2D eigenvalue weighted by Crippen LogP contribution is -2.26. The molecule has 1 atom stereocenters. The minimum Gasteiger partial charge on any atom is -0.322 e. The molecule has 1 amide bonds. The summed E-state index contributed by atoms with van der Waals surface area (Å²) in [4.78, 5) is 12.8. The molecule has 162 valence electrons. The van der Waals surface area contributed by atoms with E-state index in [1.807, 2.05) is 30.3 Å². The van der Waals surface area contributed by atoms with E-state index >= 15 is 0 Å². The quantitative estimate of drug-likeness (QED) is 0.528. The highest BCUT2D eigenvalue weighted by Crippen LogP contribution is 2.32. The summed E-state index contributed by atoms with van der Waals surface area (Å²) in [6.07, 6.45) is 1.65. The SMILES string of the molecule is N#CC(c1ccccc1)c1ccc(NC(=O)c2cccc(S(=O)(=O)NC3CC3)c2)cc1Cl. The first-order valence-electron chi connectivity index (χ1n) is 10.0. The molecule has 0 aliphatic heterocycles. The molecule has 0 spiro atoms. The fourth-order valence-electron chi connectivity index (χ4n) is 3.30. The number of hydrogen-bond acceptors (Lipinski definition) is 4. The van der Waals surface area contributed by atoms with Gasteiger partial charge in [-0.3, -0.25) is 4.79 Å². The minimum atomic E-state index is -3.66. The van der Waals surface area contributed by atoms with Gasteiger partial charge >= 0.3 is 0 Å². The number of benzene rings is 3. The minimum absolute atomic E-state index is 0.0220. The predicted molar refractivity (Wildman–Crippen MR) is 123 cm³/mol. The number of amides is 1. The van der Waals surface area contributed by atoms with E-state index in [1.165, 1.54) is 18.2 Å². The number of carbonyl (C=O) groups is 1. The van der Waals surface area contributed by atoms with E-state index < -0.39 is 21.8 Å². The second-order valence-electron chi connectivity index (χ2n) is 7.59. The molecule has 4 rings (SSSR count). The Morgan fingerprint density at radius 3 is 2.44 bits per heavy atom. The normalized spacial score (nSPS) is 14.4. The van der Waals surface area contributed by atoms with E-state index in [4.69, 9.17) is 11.6 Å². The number of rotatable bonds is 7. The molecule has 0 aromatic heterocycles. The number of hydrogen-bond donors (Lipinski definition) is 2. The summed E-state index contributed by atoms with van der Waals surface area (Å²) in [5, 5.41) is 12.7. The first-order valence-corrected chi connectivity index (χ1v) is 11.9. The van der Waals surface area contributed by atoms with Crippen LogP contribution in [-0.2, 0) is 10.0 Å². The third-order valence-corrected chi connectivity index (χ3v) is 6.98. The van der Waals surface area contributed by atoms with Crippen LogP contribution >= 0.6 is 11.6 Å². The summed E-state index contributed by atoms with van der Waals surface area (Å²) in [7, 11) is -3.66. The van der Waals surface area contributed by atoms with Crippen LogP contribution in [0.2, 0.25) is 5.02 Å². The molecule has 0 heterocycles. The standard InChI is InChI=1S/C24H20ClN3O3S/c25-23-14-19(11-12-21(23)22(15-26)16-5-2-1-3-6-16)27-24(29)17-7-4-8-20(13-17)32(30,31)28-18-9-10-18/h1-8,11-14,18,22,28H,9-10H2,(H,27,29). The van der Waals surface area contributed by atoms with E-state index in [-0.39, 0.29) is 16.5 Å². The van der Waals surface area contributed by atoms with Crippen LogP contribution < -0.4 is 10.0 Å². The van der Waals surface area contributed by atoms with E-state index in [0.29, 0.717) is 16.3 Å². The first kappa shape index (κ1) is 22.0. The van der Waals surface area contributed by atoms with Gasteiger partial charge in [0.2, 0.25) is 10.0 Å². The molecule has 2 N–H and O–H groups in total. The highest BCUT2D eigenvalue weighted by molar-refractivity contribution is 7.89. The lowest BCUT2D eigenvalue weighted by molar-refractivity contribution is 0.102. The molecule has 0 saturated heterocycles. The van der Waals surface area contributed by atoms with Crippen molar-refractivity contribution in [2.75, 3.05) is 5.32 Å². The molecule has 3 aromatic carbocycles. The van der Waals surface area contributed by atoms with Crippen LogP contribution in [0.15, 0.2) is 77.7 Å².